The number of amides is 3. The number of hydrogen-bond acceptors (Lipinski definition) is 6. The van der Waals surface area contributed by atoms with Crippen molar-refractivity contribution < 1.29 is 19.1 Å². The van der Waals surface area contributed by atoms with E-state index in [0.717, 1.165) is 4.68 Å². The lowest BCUT2D eigenvalue weighted by molar-refractivity contribution is -0.127. The summed E-state index contributed by atoms with van der Waals surface area (Å²) < 4.78 is 6.32. The zero-order chi connectivity index (χ0) is 21.1. The maximum absolute atomic E-state index is 12.6. The van der Waals surface area contributed by atoms with Crippen LogP contribution >= 0.6 is 0 Å². The van der Waals surface area contributed by atoms with Gasteiger partial charge in [-0.3, -0.25) is 14.9 Å². The van der Waals surface area contributed by atoms with Gasteiger partial charge in [-0.05, 0) is 40.7 Å². The fourth-order valence-corrected chi connectivity index (χ4v) is 2.46. The molecule has 9 nitrogen and oxygen atoms in total. The zero-order valence-electron chi connectivity index (χ0n) is 16.5. The molecule has 150 valence electrons. The molecule has 1 aromatic heterocycles. The molecule has 1 atom stereocenters. The van der Waals surface area contributed by atoms with Crippen molar-refractivity contribution in [1.82, 2.24) is 20.4 Å². The highest BCUT2D eigenvalue weighted by Gasteiger charge is 2.25. The molecule has 3 amide bonds. The number of carbonyl (C=O) groups excluding carboxylic acids is 3. The van der Waals surface area contributed by atoms with Gasteiger partial charge in [0, 0.05) is 17.5 Å². The number of rotatable bonds is 4. The summed E-state index contributed by atoms with van der Waals surface area (Å²) in [5.74, 6) is -1.64. The van der Waals surface area contributed by atoms with E-state index in [1.807, 2.05) is 0 Å². The number of fused-ring (bicyclic) bond motifs is 1. The molecule has 0 saturated heterocycles. The number of hydrogen-bond donors (Lipinski definition) is 2. The largest absolute Gasteiger partial charge is 0.448 e. The van der Waals surface area contributed by atoms with Gasteiger partial charge in [0.15, 0.2) is 11.8 Å². The lowest BCUT2D eigenvalue weighted by atomic mass is 10.1. The summed E-state index contributed by atoms with van der Waals surface area (Å²) in [6.45, 7) is 8.63. The number of imide groups is 1. The molecule has 9 heteroatoms. The van der Waals surface area contributed by atoms with E-state index in [2.05, 4.69) is 15.7 Å². The lowest BCUT2D eigenvalue weighted by Crippen LogP contribution is -2.50. The first-order valence-corrected chi connectivity index (χ1v) is 8.87. The Morgan fingerprint density at radius 3 is 2.36 bits per heavy atom. The predicted molar refractivity (Wildman–Crippen MR) is 103 cm³/mol. The molecule has 28 heavy (non-hydrogen) atoms. The number of nitrogens with one attached hydrogen (secondary N) is 2. The zero-order valence-corrected chi connectivity index (χ0v) is 16.5. The normalized spacial score (nSPS) is 12.3. The average Bonchev–Trinajstić information content (AvgIpc) is 2.60. The van der Waals surface area contributed by atoms with E-state index in [4.69, 9.17) is 4.74 Å². The average molecular weight is 388 g/mol. The first kappa shape index (κ1) is 21.1. The van der Waals surface area contributed by atoms with E-state index in [1.54, 1.807) is 52.0 Å². The smallest absolute Gasteiger partial charge is 0.360 e. The van der Waals surface area contributed by atoms with Gasteiger partial charge in [0.25, 0.3) is 11.5 Å². The molecule has 0 saturated carbocycles. The second-order valence-electron chi connectivity index (χ2n) is 7.26. The Hall–Kier alpha value is -3.23. The van der Waals surface area contributed by atoms with Crippen LogP contribution < -0.4 is 16.2 Å². The molecule has 0 bridgehead atoms. The highest BCUT2D eigenvalue weighted by molar-refractivity contribution is 6.03. The van der Waals surface area contributed by atoms with Gasteiger partial charge in [-0.2, -0.15) is 5.10 Å². The van der Waals surface area contributed by atoms with Crippen LogP contribution in [-0.2, 0) is 16.1 Å². The van der Waals surface area contributed by atoms with E-state index >= 15 is 0 Å². The molecule has 1 unspecified atom stereocenters. The molecule has 2 rings (SSSR count). The van der Waals surface area contributed by atoms with Gasteiger partial charge in [-0.1, -0.05) is 18.2 Å². The van der Waals surface area contributed by atoms with Crippen LogP contribution in [0.15, 0.2) is 29.1 Å². The summed E-state index contributed by atoms with van der Waals surface area (Å²) in [6, 6.07) is 5.84. The standard InChI is InChI=1S/C19H24N4O5/c1-6-23-16(25)13-10-8-7-9-12(13)14(22-23)17(26)28-11(2)15(24)20-18(27)21-19(3,4)5/h7-11H,6H2,1-5H3,(H2,20,21,24,27). The van der Waals surface area contributed by atoms with Crippen molar-refractivity contribution in [3.63, 3.8) is 0 Å². The number of urea groups is 1. The molecule has 0 aliphatic rings. The quantitative estimate of drug-likeness (QED) is 0.768. The molecular weight excluding hydrogens is 364 g/mol. The van der Waals surface area contributed by atoms with Crippen molar-refractivity contribution in [3.05, 3.63) is 40.3 Å². The van der Waals surface area contributed by atoms with Crippen LogP contribution in [0.25, 0.3) is 10.8 Å². The van der Waals surface area contributed by atoms with Gasteiger partial charge in [-0.25, -0.2) is 14.3 Å². The van der Waals surface area contributed by atoms with Crippen molar-refractivity contribution in [2.45, 2.75) is 52.8 Å². The van der Waals surface area contributed by atoms with Crippen LogP contribution in [0, 0.1) is 0 Å². The summed E-state index contributed by atoms with van der Waals surface area (Å²) in [6.07, 6.45) is -1.24. The van der Waals surface area contributed by atoms with Gasteiger partial charge >= 0.3 is 12.0 Å². The first-order valence-electron chi connectivity index (χ1n) is 8.87. The third kappa shape index (κ3) is 4.93. The fourth-order valence-electron chi connectivity index (χ4n) is 2.46. The maximum atomic E-state index is 12.6. The minimum absolute atomic E-state index is 0.0733. The third-order valence-electron chi connectivity index (χ3n) is 3.74. The topological polar surface area (TPSA) is 119 Å². The third-order valence-corrected chi connectivity index (χ3v) is 3.74. The Morgan fingerprint density at radius 1 is 1.18 bits per heavy atom. The summed E-state index contributed by atoms with van der Waals surface area (Å²) in [4.78, 5) is 48.8. The minimum atomic E-state index is -1.24. The molecule has 0 fully saturated rings. The van der Waals surface area contributed by atoms with Crippen molar-refractivity contribution >= 4 is 28.7 Å². The van der Waals surface area contributed by atoms with E-state index < -0.39 is 29.6 Å². The number of carbonyl (C=O) groups is 3. The Labute approximate surface area is 162 Å². The summed E-state index contributed by atoms with van der Waals surface area (Å²) >= 11 is 0. The number of aryl methyl sites for hydroxylation is 1. The van der Waals surface area contributed by atoms with Crippen molar-refractivity contribution in [2.24, 2.45) is 0 Å². The van der Waals surface area contributed by atoms with Crippen LogP contribution in [0.1, 0.15) is 45.1 Å². The molecule has 2 N–H and O–H groups in total. The SMILES string of the molecule is CCn1nc(C(=O)OC(C)C(=O)NC(=O)NC(C)(C)C)c2ccccc2c1=O. The number of benzene rings is 1. The molecule has 0 aliphatic heterocycles. The van der Waals surface area contributed by atoms with Crippen LogP contribution in [0.5, 0.6) is 0 Å². The Morgan fingerprint density at radius 2 is 1.79 bits per heavy atom. The van der Waals surface area contributed by atoms with Crippen LogP contribution in [-0.4, -0.2) is 39.3 Å². The van der Waals surface area contributed by atoms with Gasteiger partial charge < -0.3 is 10.1 Å². The highest BCUT2D eigenvalue weighted by atomic mass is 16.5. The van der Waals surface area contributed by atoms with Crippen LogP contribution in [0.4, 0.5) is 4.79 Å². The molecule has 1 aromatic carbocycles. The monoisotopic (exact) mass is 388 g/mol. The molecular formula is C19H24N4O5. The van der Waals surface area contributed by atoms with E-state index in [9.17, 15) is 19.2 Å². The first-order chi connectivity index (χ1) is 13.0. The van der Waals surface area contributed by atoms with Crippen molar-refractivity contribution in [1.29, 1.82) is 0 Å². The minimum Gasteiger partial charge on any atom is -0.448 e. The van der Waals surface area contributed by atoms with E-state index in [1.165, 1.54) is 6.92 Å². The van der Waals surface area contributed by atoms with Crippen molar-refractivity contribution in [2.75, 3.05) is 0 Å². The molecule has 0 spiro atoms. The molecule has 0 aliphatic carbocycles. The summed E-state index contributed by atoms with van der Waals surface area (Å²) in [5, 5.41) is 9.41. The lowest BCUT2D eigenvalue weighted by Gasteiger charge is -2.21. The van der Waals surface area contributed by atoms with Gasteiger partial charge in [0.1, 0.15) is 0 Å². The van der Waals surface area contributed by atoms with Gasteiger partial charge in [0.05, 0.1) is 5.39 Å². The number of esters is 1. The summed E-state index contributed by atoms with van der Waals surface area (Å²) in [7, 11) is 0. The number of nitrogens with zero attached hydrogens (tertiary/aromatic N) is 2. The number of ether oxygens (including phenoxy) is 1. The van der Waals surface area contributed by atoms with Crippen LogP contribution in [0.2, 0.25) is 0 Å². The second-order valence-corrected chi connectivity index (χ2v) is 7.26. The van der Waals surface area contributed by atoms with Crippen molar-refractivity contribution in [3.8, 4) is 0 Å². The molecule has 0 radical (unpaired) electrons. The number of aromatic nitrogens is 2. The highest BCUT2D eigenvalue weighted by Crippen LogP contribution is 2.15. The van der Waals surface area contributed by atoms with E-state index in [-0.39, 0.29) is 17.8 Å². The summed E-state index contributed by atoms with van der Waals surface area (Å²) in [5.41, 5.74) is -0.920. The van der Waals surface area contributed by atoms with E-state index in [0.29, 0.717) is 10.8 Å². The van der Waals surface area contributed by atoms with Crippen LogP contribution in [0.3, 0.4) is 0 Å². The Balaban J connectivity index is 2.21. The Bertz CT molecular complexity index is 974. The Kier molecular flexibility index (Phi) is 6.17. The predicted octanol–water partition coefficient (Wildman–Crippen LogP) is 1.59. The maximum Gasteiger partial charge on any atom is 0.360 e. The molecule has 1 heterocycles. The van der Waals surface area contributed by atoms with Gasteiger partial charge in [-0.15, -0.1) is 0 Å². The second kappa shape index (κ2) is 8.20. The van der Waals surface area contributed by atoms with Gasteiger partial charge in [0.2, 0.25) is 0 Å². The molecule has 2 aromatic rings. The fraction of sp³-hybridized carbons (Fsp3) is 0.421.